The third-order valence-corrected chi connectivity index (χ3v) is 13.9. The lowest BCUT2D eigenvalue weighted by molar-refractivity contribution is 0.753. The van der Waals surface area contributed by atoms with Crippen molar-refractivity contribution in [3.8, 4) is 78.4 Å². The molecule has 0 saturated heterocycles. The summed E-state index contributed by atoms with van der Waals surface area (Å²) >= 11 is 0. The molecular formula is C65H43N3. The second kappa shape index (κ2) is 16.2. The first kappa shape index (κ1) is 39.4. The second-order valence-electron chi connectivity index (χ2n) is 17.7. The van der Waals surface area contributed by atoms with Crippen LogP contribution in [0.25, 0.3) is 78.4 Å². The van der Waals surface area contributed by atoms with Crippen LogP contribution in [0.1, 0.15) is 22.3 Å². The predicted octanol–water partition coefficient (Wildman–Crippen LogP) is 16.6. The van der Waals surface area contributed by atoms with Gasteiger partial charge in [0.2, 0.25) is 0 Å². The molecule has 0 N–H and O–H groups in total. The molecule has 2 aliphatic rings. The molecule has 0 fully saturated rings. The minimum Gasteiger partial charge on any atom is -0.310 e. The summed E-state index contributed by atoms with van der Waals surface area (Å²) in [4.78, 5) is 13.0. The third kappa shape index (κ3) is 6.35. The number of benzene rings is 10. The zero-order chi connectivity index (χ0) is 45.0. The summed E-state index contributed by atoms with van der Waals surface area (Å²) in [5.41, 5.74) is 22.4. The average Bonchev–Trinajstić information content (AvgIpc) is 3.71. The Morgan fingerprint density at radius 2 is 0.706 bits per heavy atom. The highest BCUT2D eigenvalue weighted by atomic mass is 15.2. The maximum Gasteiger partial charge on any atom is 0.161 e. The highest BCUT2D eigenvalue weighted by Gasteiger charge is 2.51. The van der Waals surface area contributed by atoms with Crippen molar-refractivity contribution in [1.29, 1.82) is 0 Å². The zero-order valence-electron chi connectivity index (χ0n) is 37.2. The number of nitrogens with zero attached hydrogens (tertiary/aromatic N) is 3. The number of hydrogen-bond acceptors (Lipinski definition) is 3. The normalized spacial score (nSPS) is 12.8. The van der Waals surface area contributed by atoms with E-state index < -0.39 is 5.41 Å². The molecule has 3 heteroatoms. The summed E-state index contributed by atoms with van der Waals surface area (Å²) < 4.78 is 0. The molecule has 0 unspecified atom stereocenters. The smallest absolute Gasteiger partial charge is 0.161 e. The van der Waals surface area contributed by atoms with Crippen LogP contribution in [0, 0.1) is 0 Å². The fraction of sp³-hybridized carbons (Fsp3) is 0.0154. The van der Waals surface area contributed by atoms with Gasteiger partial charge in [0.05, 0.1) is 28.2 Å². The Hall–Kier alpha value is -8.92. The molecule has 13 rings (SSSR count). The van der Waals surface area contributed by atoms with Crippen LogP contribution in [-0.4, -0.2) is 9.97 Å². The summed E-state index contributed by atoms with van der Waals surface area (Å²) in [6, 6.07) is 94.2. The fourth-order valence-corrected chi connectivity index (χ4v) is 10.9. The third-order valence-electron chi connectivity index (χ3n) is 13.9. The minimum absolute atomic E-state index is 0.536. The number of anilines is 3. The van der Waals surface area contributed by atoms with E-state index in [2.05, 4.69) is 260 Å². The van der Waals surface area contributed by atoms with Crippen LogP contribution in [0.2, 0.25) is 0 Å². The first-order valence-electron chi connectivity index (χ1n) is 23.3. The molecule has 318 valence electrons. The molecule has 1 aromatic heterocycles. The fourth-order valence-electron chi connectivity index (χ4n) is 10.9. The van der Waals surface area contributed by atoms with E-state index in [4.69, 9.17) is 9.97 Å². The topological polar surface area (TPSA) is 29.0 Å². The van der Waals surface area contributed by atoms with E-state index in [9.17, 15) is 0 Å². The first-order valence-corrected chi connectivity index (χ1v) is 23.3. The van der Waals surface area contributed by atoms with E-state index in [0.29, 0.717) is 5.82 Å². The van der Waals surface area contributed by atoms with E-state index in [-0.39, 0.29) is 0 Å². The lowest BCUT2D eigenvalue weighted by Gasteiger charge is -2.45. The van der Waals surface area contributed by atoms with Gasteiger partial charge in [0.15, 0.2) is 5.82 Å². The van der Waals surface area contributed by atoms with Crippen LogP contribution < -0.4 is 4.90 Å². The standard InChI is InChI=1S/C65H43N3/c1-4-19-44(20-5-1)45-35-37-47(38-36-45)61-43-60(46-21-6-2-7-22-46)66-64(67-61)55-29-11-10-27-52(55)50-24-18-23-48(41-50)49-39-40-54-53-28-12-13-30-56(53)65(59(54)42-49)57-31-14-16-33-62(57)68(51-25-8-3-9-26-51)63-34-17-15-32-58(63)65/h1-43H. The maximum atomic E-state index is 5.32. The SMILES string of the molecule is c1ccc(-c2ccc(-c3cc(-c4ccccc4)nc(-c4ccccc4-c4cccc(-c5ccc6c(c5)C5(c7ccccc7-6)c6ccccc6N(c6ccccc6)c6ccccc65)c4)n3)cc2)cc1. The number of hydrogen-bond donors (Lipinski definition) is 0. The Kier molecular flexibility index (Phi) is 9.40. The largest absolute Gasteiger partial charge is 0.310 e. The molecule has 0 bridgehead atoms. The molecule has 2 heterocycles. The van der Waals surface area contributed by atoms with Gasteiger partial charge in [-0.3, -0.25) is 0 Å². The van der Waals surface area contributed by atoms with E-state index in [0.717, 1.165) is 50.5 Å². The molecule has 68 heavy (non-hydrogen) atoms. The van der Waals surface area contributed by atoms with Crippen molar-refractivity contribution in [3.63, 3.8) is 0 Å². The Morgan fingerprint density at radius 1 is 0.265 bits per heavy atom. The van der Waals surface area contributed by atoms with Gasteiger partial charge < -0.3 is 4.90 Å². The second-order valence-corrected chi connectivity index (χ2v) is 17.7. The monoisotopic (exact) mass is 865 g/mol. The molecule has 3 nitrogen and oxygen atoms in total. The first-order chi connectivity index (χ1) is 33.7. The van der Waals surface area contributed by atoms with Crippen molar-refractivity contribution in [1.82, 2.24) is 9.97 Å². The molecule has 1 aliphatic carbocycles. The molecule has 0 radical (unpaired) electrons. The van der Waals surface area contributed by atoms with Gasteiger partial charge in [-0.05, 0) is 109 Å². The summed E-state index contributed by atoms with van der Waals surface area (Å²) in [5.74, 6) is 0.686. The van der Waals surface area contributed by atoms with E-state index in [1.165, 1.54) is 61.4 Å². The van der Waals surface area contributed by atoms with E-state index in [1.54, 1.807) is 0 Å². The molecule has 0 amide bonds. The van der Waals surface area contributed by atoms with Gasteiger partial charge in [-0.1, -0.05) is 218 Å². The number of rotatable bonds is 7. The van der Waals surface area contributed by atoms with Gasteiger partial charge in [0, 0.05) is 22.4 Å². The lowest BCUT2D eigenvalue weighted by atomic mass is 9.64. The molecule has 0 atom stereocenters. The van der Waals surface area contributed by atoms with Gasteiger partial charge in [-0.2, -0.15) is 0 Å². The molecule has 1 aliphatic heterocycles. The van der Waals surface area contributed by atoms with Crippen LogP contribution in [0.5, 0.6) is 0 Å². The van der Waals surface area contributed by atoms with Crippen molar-refractivity contribution in [2.24, 2.45) is 0 Å². The quantitative estimate of drug-likeness (QED) is 0.160. The molecule has 1 spiro atoms. The average molecular weight is 866 g/mol. The van der Waals surface area contributed by atoms with Crippen molar-refractivity contribution < 1.29 is 0 Å². The predicted molar refractivity (Wildman–Crippen MR) is 280 cm³/mol. The Balaban J connectivity index is 0.944. The van der Waals surface area contributed by atoms with Gasteiger partial charge in [-0.15, -0.1) is 0 Å². The van der Waals surface area contributed by atoms with Gasteiger partial charge in [0.25, 0.3) is 0 Å². The van der Waals surface area contributed by atoms with Gasteiger partial charge in [0.1, 0.15) is 0 Å². The Labute approximate surface area is 397 Å². The highest BCUT2D eigenvalue weighted by Crippen LogP contribution is 2.63. The van der Waals surface area contributed by atoms with Crippen LogP contribution >= 0.6 is 0 Å². The van der Waals surface area contributed by atoms with Crippen molar-refractivity contribution in [2.75, 3.05) is 4.90 Å². The summed E-state index contributed by atoms with van der Waals surface area (Å²) in [7, 11) is 0. The maximum absolute atomic E-state index is 5.32. The van der Waals surface area contributed by atoms with Crippen molar-refractivity contribution >= 4 is 17.1 Å². The highest BCUT2D eigenvalue weighted by molar-refractivity contribution is 5.97. The summed E-state index contributed by atoms with van der Waals surface area (Å²) in [6.07, 6.45) is 0. The zero-order valence-corrected chi connectivity index (χ0v) is 37.2. The molecule has 0 saturated carbocycles. The van der Waals surface area contributed by atoms with Crippen LogP contribution in [-0.2, 0) is 5.41 Å². The molecular weight excluding hydrogens is 823 g/mol. The number of para-hydroxylation sites is 3. The van der Waals surface area contributed by atoms with Crippen LogP contribution in [0.15, 0.2) is 261 Å². The van der Waals surface area contributed by atoms with Crippen LogP contribution in [0.4, 0.5) is 17.1 Å². The summed E-state index contributed by atoms with van der Waals surface area (Å²) in [6.45, 7) is 0. The Morgan fingerprint density at radius 3 is 1.38 bits per heavy atom. The summed E-state index contributed by atoms with van der Waals surface area (Å²) in [5, 5.41) is 0. The van der Waals surface area contributed by atoms with Crippen LogP contribution in [0.3, 0.4) is 0 Å². The van der Waals surface area contributed by atoms with Gasteiger partial charge >= 0.3 is 0 Å². The number of fused-ring (bicyclic) bond motifs is 9. The lowest BCUT2D eigenvalue weighted by Crippen LogP contribution is -2.36. The Bertz CT molecular complexity index is 3630. The minimum atomic E-state index is -0.536. The van der Waals surface area contributed by atoms with Gasteiger partial charge in [-0.25, -0.2) is 9.97 Å². The molecule has 10 aromatic carbocycles. The van der Waals surface area contributed by atoms with E-state index >= 15 is 0 Å². The van der Waals surface area contributed by atoms with Crippen molar-refractivity contribution in [3.05, 3.63) is 283 Å². The molecule has 11 aromatic rings. The van der Waals surface area contributed by atoms with E-state index in [1.807, 2.05) is 6.07 Å². The number of aromatic nitrogens is 2. The van der Waals surface area contributed by atoms with Crippen molar-refractivity contribution in [2.45, 2.75) is 5.41 Å².